The van der Waals surface area contributed by atoms with Gasteiger partial charge in [-0.05, 0) is 25.7 Å². The third-order valence-electron chi connectivity index (χ3n) is 2.53. The molecule has 84 valence electrons. The zero-order valence-electron chi connectivity index (χ0n) is 9.30. The number of nitrogens with zero attached hydrogens (tertiary/aromatic N) is 2. The fourth-order valence-corrected chi connectivity index (χ4v) is 2.48. The van der Waals surface area contributed by atoms with Crippen LogP contribution in [0.4, 0.5) is 5.82 Å². The van der Waals surface area contributed by atoms with Crippen molar-refractivity contribution in [3.05, 3.63) is 22.7 Å². The van der Waals surface area contributed by atoms with Crippen molar-refractivity contribution >= 4 is 17.6 Å². The molecule has 5 heteroatoms. The van der Waals surface area contributed by atoms with Crippen LogP contribution in [0.25, 0.3) is 0 Å². The average molecular weight is 227 g/mol. The lowest BCUT2D eigenvalue weighted by Crippen LogP contribution is -2.30. The van der Waals surface area contributed by atoms with Crippen LogP contribution in [0.15, 0.2) is 17.1 Å². The molecule has 1 heterocycles. The topological polar surface area (TPSA) is 60.9 Å². The maximum atomic E-state index is 11.6. The molecule has 0 saturated carbocycles. The predicted octanol–water partition coefficient (Wildman–Crippen LogP) is 1.53. The van der Waals surface area contributed by atoms with E-state index in [2.05, 4.69) is 18.2 Å². The summed E-state index contributed by atoms with van der Waals surface area (Å²) in [5.74, 6) is 0.278. The van der Waals surface area contributed by atoms with Crippen LogP contribution in [0.3, 0.4) is 0 Å². The zero-order chi connectivity index (χ0) is 11.4. The Kier molecular flexibility index (Phi) is 4.20. The van der Waals surface area contributed by atoms with Crippen LogP contribution in [0.2, 0.25) is 0 Å². The summed E-state index contributed by atoms with van der Waals surface area (Å²) in [5, 5.41) is 0.424. The van der Waals surface area contributed by atoms with Gasteiger partial charge in [-0.15, -0.1) is 0 Å². The molecule has 2 N–H and O–H groups in total. The van der Waals surface area contributed by atoms with Gasteiger partial charge in [0.05, 0.1) is 0 Å². The largest absolute Gasteiger partial charge is 0.383 e. The average Bonchev–Trinajstić information content (AvgIpc) is 2.19. The van der Waals surface area contributed by atoms with Crippen LogP contribution < -0.4 is 11.4 Å². The molecule has 0 saturated heterocycles. The van der Waals surface area contributed by atoms with Crippen molar-refractivity contribution < 1.29 is 0 Å². The first-order valence-electron chi connectivity index (χ1n) is 4.97. The Morgan fingerprint density at radius 2 is 2.33 bits per heavy atom. The van der Waals surface area contributed by atoms with Crippen LogP contribution >= 0.6 is 11.8 Å². The first-order chi connectivity index (χ1) is 7.10. The summed E-state index contributed by atoms with van der Waals surface area (Å²) >= 11 is 1.77. The Labute approximate surface area is 93.9 Å². The van der Waals surface area contributed by atoms with E-state index in [-0.39, 0.29) is 17.5 Å². The molecular formula is C10H17N3OS. The summed E-state index contributed by atoms with van der Waals surface area (Å²) in [6.07, 6.45) is 4.80. The Morgan fingerprint density at radius 3 is 2.80 bits per heavy atom. The van der Waals surface area contributed by atoms with Crippen molar-refractivity contribution in [1.82, 2.24) is 9.55 Å². The van der Waals surface area contributed by atoms with E-state index < -0.39 is 0 Å². The van der Waals surface area contributed by atoms with Crippen molar-refractivity contribution in [2.45, 2.75) is 31.6 Å². The van der Waals surface area contributed by atoms with E-state index in [0.29, 0.717) is 5.25 Å². The van der Waals surface area contributed by atoms with E-state index in [1.165, 1.54) is 0 Å². The summed E-state index contributed by atoms with van der Waals surface area (Å²) < 4.78 is 1.64. The first-order valence-corrected chi connectivity index (χ1v) is 6.26. The summed E-state index contributed by atoms with van der Waals surface area (Å²) in [6.45, 7) is 4.15. The number of nitrogens with two attached hydrogens (primary N) is 1. The van der Waals surface area contributed by atoms with Crippen molar-refractivity contribution in [1.29, 1.82) is 0 Å². The molecule has 0 bridgehead atoms. The van der Waals surface area contributed by atoms with Gasteiger partial charge in [0.2, 0.25) is 0 Å². The highest BCUT2D eigenvalue weighted by molar-refractivity contribution is 7.99. The minimum absolute atomic E-state index is 0.144. The van der Waals surface area contributed by atoms with E-state index in [1.54, 1.807) is 28.6 Å². The zero-order valence-corrected chi connectivity index (χ0v) is 10.1. The van der Waals surface area contributed by atoms with Gasteiger partial charge in [0.25, 0.3) is 0 Å². The molecule has 4 nitrogen and oxygen atoms in total. The van der Waals surface area contributed by atoms with E-state index in [9.17, 15) is 4.79 Å². The summed E-state index contributed by atoms with van der Waals surface area (Å²) in [6, 6.07) is 1.80. The molecule has 2 atom stereocenters. The molecule has 1 rings (SSSR count). The number of rotatable bonds is 4. The van der Waals surface area contributed by atoms with Crippen LogP contribution in [-0.2, 0) is 0 Å². The van der Waals surface area contributed by atoms with Gasteiger partial charge < -0.3 is 5.73 Å². The molecule has 1 aromatic heterocycles. The molecule has 2 unspecified atom stereocenters. The third-order valence-corrected chi connectivity index (χ3v) is 3.87. The predicted molar refractivity (Wildman–Crippen MR) is 65.2 cm³/mol. The quantitative estimate of drug-likeness (QED) is 0.847. The number of aromatic nitrogens is 2. The molecule has 0 aromatic carbocycles. The molecular weight excluding hydrogens is 210 g/mol. The SMILES string of the molecule is CCC(SC)C(C)n1ccc(N)nc1=O. The van der Waals surface area contributed by atoms with Gasteiger partial charge in [-0.1, -0.05) is 6.92 Å². The second kappa shape index (κ2) is 5.21. The Hall–Kier alpha value is -0.970. The van der Waals surface area contributed by atoms with Gasteiger partial charge >= 0.3 is 5.69 Å². The van der Waals surface area contributed by atoms with Crippen molar-refractivity contribution in [3.8, 4) is 0 Å². The minimum atomic E-state index is -0.269. The number of hydrogen-bond acceptors (Lipinski definition) is 4. The number of anilines is 1. The number of thioether (sulfide) groups is 1. The fourth-order valence-electron chi connectivity index (χ4n) is 1.62. The van der Waals surface area contributed by atoms with E-state index in [4.69, 9.17) is 5.73 Å². The highest BCUT2D eigenvalue weighted by atomic mass is 32.2. The first kappa shape index (κ1) is 12.1. The minimum Gasteiger partial charge on any atom is -0.383 e. The molecule has 0 fully saturated rings. The molecule has 0 radical (unpaired) electrons. The van der Waals surface area contributed by atoms with Crippen LogP contribution in [-0.4, -0.2) is 21.1 Å². The third kappa shape index (κ3) is 2.75. The molecule has 0 amide bonds. The van der Waals surface area contributed by atoms with E-state index in [0.717, 1.165) is 6.42 Å². The lowest BCUT2D eigenvalue weighted by atomic mass is 10.2. The van der Waals surface area contributed by atoms with E-state index in [1.807, 2.05) is 6.92 Å². The molecule has 0 aliphatic heterocycles. The smallest absolute Gasteiger partial charge is 0.349 e. The van der Waals surface area contributed by atoms with Gasteiger partial charge in [0, 0.05) is 17.5 Å². The molecule has 0 aliphatic carbocycles. The second-order valence-electron chi connectivity index (χ2n) is 3.47. The Morgan fingerprint density at radius 1 is 1.67 bits per heavy atom. The van der Waals surface area contributed by atoms with E-state index >= 15 is 0 Å². The van der Waals surface area contributed by atoms with Gasteiger partial charge in [-0.2, -0.15) is 16.7 Å². The van der Waals surface area contributed by atoms with Crippen LogP contribution in [0.1, 0.15) is 26.3 Å². The number of hydrogen-bond donors (Lipinski definition) is 1. The van der Waals surface area contributed by atoms with Crippen LogP contribution in [0, 0.1) is 0 Å². The van der Waals surface area contributed by atoms with Gasteiger partial charge in [-0.3, -0.25) is 4.57 Å². The van der Waals surface area contributed by atoms with Crippen LogP contribution in [0.5, 0.6) is 0 Å². The summed E-state index contributed by atoms with van der Waals surface area (Å²) in [4.78, 5) is 15.3. The Balaban J connectivity index is 3.00. The maximum Gasteiger partial charge on any atom is 0.349 e. The van der Waals surface area contributed by atoms with Crippen molar-refractivity contribution in [2.24, 2.45) is 0 Å². The lowest BCUT2D eigenvalue weighted by Gasteiger charge is -2.22. The highest BCUT2D eigenvalue weighted by Gasteiger charge is 2.16. The Bertz CT molecular complexity index is 373. The van der Waals surface area contributed by atoms with Gasteiger partial charge in [0.15, 0.2) is 0 Å². The molecule has 15 heavy (non-hydrogen) atoms. The second-order valence-corrected chi connectivity index (χ2v) is 4.54. The van der Waals surface area contributed by atoms with Crippen molar-refractivity contribution in [2.75, 3.05) is 12.0 Å². The molecule has 1 aromatic rings. The van der Waals surface area contributed by atoms with Gasteiger partial charge in [-0.25, -0.2) is 4.79 Å². The molecule has 0 aliphatic rings. The molecule has 0 spiro atoms. The highest BCUT2D eigenvalue weighted by Crippen LogP contribution is 2.23. The van der Waals surface area contributed by atoms with Crippen molar-refractivity contribution in [3.63, 3.8) is 0 Å². The monoisotopic (exact) mass is 227 g/mol. The fraction of sp³-hybridized carbons (Fsp3) is 0.600. The number of nitrogen functional groups attached to an aromatic ring is 1. The lowest BCUT2D eigenvalue weighted by molar-refractivity contribution is 0.491. The maximum absolute atomic E-state index is 11.6. The summed E-state index contributed by atoms with van der Waals surface area (Å²) in [5.41, 5.74) is 5.17. The normalized spacial score (nSPS) is 14.9. The van der Waals surface area contributed by atoms with Gasteiger partial charge in [0.1, 0.15) is 5.82 Å². The standard InChI is InChI=1S/C10H17N3OS/c1-4-8(15-3)7(2)13-6-5-9(11)12-10(13)14/h5-8H,4H2,1-3H3,(H2,11,12,14). The summed E-state index contributed by atoms with van der Waals surface area (Å²) in [7, 11) is 0.